The van der Waals surface area contributed by atoms with Crippen molar-refractivity contribution in [2.75, 3.05) is 0 Å². The number of hydrogen-bond acceptors (Lipinski definition) is 2. The van der Waals surface area contributed by atoms with E-state index >= 15 is 0 Å². The monoisotopic (exact) mass is 305 g/mol. The Morgan fingerprint density at radius 2 is 1.96 bits per heavy atom. The molecule has 0 saturated carbocycles. The zero-order chi connectivity index (χ0) is 16.2. The number of aryl methyl sites for hydroxylation is 2. The second-order valence-corrected chi connectivity index (χ2v) is 5.64. The minimum atomic E-state index is -0.126. The first-order chi connectivity index (χ1) is 11.1. The molecule has 1 amide bonds. The van der Waals surface area contributed by atoms with Gasteiger partial charge in [-0.1, -0.05) is 48.0 Å². The molecular weight excluding hydrogens is 286 g/mol. The van der Waals surface area contributed by atoms with Gasteiger partial charge < -0.3 is 5.32 Å². The van der Waals surface area contributed by atoms with E-state index in [2.05, 4.69) is 15.5 Å². The lowest BCUT2D eigenvalue weighted by molar-refractivity contribution is 0.0951. The van der Waals surface area contributed by atoms with Crippen molar-refractivity contribution in [3.8, 4) is 11.3 Å². The molecule has 1 aromatic heterocycles. The van der Waals surface area contributed by atoms with Crippen LogP contribution in [-0.2, 0) is 6.54 Å². The summed E-state index contributed by atoms with van der Waals surface area (Å²) >= 11 is 0. The smallest absolute Gasteiger partial charge is 0.255 e. The summed E-state index contributed by atoms with van der Waals surface area (Å²) in [5.41, 5.74) is 5.69. The van der Waals surface area contributed by atoms with E-state index in [4.69, 9.17) is 0 Å². The van der Waals surface area contributed by atoms with Crippen LogP contribution in [-0.4, -0.2) is 16.1 Å². The number of benzene rings is 2. The molecule has 2 aromatic carbocycles. The number of hydrogen-bond donors (Lipinski definition) is 2. The highest BCUT2D eigenvalue weighted by Gasteiger charge is 2.15. The van der Waals surface area contributed by atoms with Crippen LogP contribution < -0.4 is 5.32 Å². The van der Waals surface area contributed by atoms with Crippen LogP contribution in [0.1, 0.15) is 27.0 Å². The molecule has 0 spiro atoms. The molecule has 0 saturated heterocycles. The van der Waals surface area contributed by atoms with Gasteiger partial charge in [0, 0.05) is 12.1 Å². The Morgan fingerprint density at radius 1 is 1.13 bits per heavy atom. The van der Waals surface area contributed by atoms with E-state index in [-0.39, 0.29) is 5.91 Å². The molecule has 3 rings (SSSR count). The number of nitrogens with one attached hydrogen (secondary N) is 2. The number of H-pyrrole nitrogens is 1. The Morgan fingerprint density at radius 3 is 2.74 bits per heavy atom. The Hall–Kier alpha value is -2.88. The summed E-state index contributed by atoms with van der Waals surface area (Å²) in [4.78, 5) is 12.5. The number of carbonyl (C=O) groups excluding carboxylic acids is 1. The van der Waals surface area contributed by atoms with Crippen molar-refractivity contribution in [1.82, 2.24) is 15.5 Å². The highest BCUT2D eigenvalue weighted by Crippen LogP contribution is 2.22. The van der Waals surface area contributed by atoms with E-state index in [1.807, 2.05) is 62.4 Å². The lowest BCUT2D eigenvalue weighted by atomic mass is 10.1. The average molecular weight is 305 g/mol. The molecular formula is C19H19N3O. The molecule has 116 valence electrons. The van der Waals surface area contributed by atoms with E-state index in [9.17, 15) is 4.79 Å². The molecule has 4 nitrogen and oxygen atoms in total. The van der Waals surface area contributed by atoms with E-state index in [0.717, 1.165) is 22.4 Å². The molecule has 0 aliphatic carbocycles. The number of carbonyl (C=O) groups is 1. The number of aromatic amines is 1. The zero-order valence-corrected chi connectivity index (χ0v) is 13.3. The van der Waals surface area contributed by atoms with Crippen molar-refractivity contribution in [3.05, 3.63) is 77.0 Å². The quantitative estimate of drug-likeness (QED) is 0.773. The molecule has 4 heteroatoms. The normalized spacial score (nSPS) is 10.5. The molecule has 0 bridgehead atoms. The van der Waals surface area contributed by atoms with Gasteiger partial charge >= 0.3 is 0 Å². The van der Waals surface area contributed by atoms with Gasteiger partial charge in [0.15, 0.2) is 0 Å². The first-order valence-corrected chi connectivity index (χ1v) is 7.58. The van der Waals surface area contributed by atoms with Crippen molar-refractivity contribution in [2.45, 2.75) is 20.4 Å². The molecule has 23 heavy (non-hydrogen) atoms. The van der Waals surface area contributed by atoms with Gasteiger partial charge in [0.2, 0.25) is 0 Å². The fraction of sp³-hybridized carbons (Fsp3) is 0.158. The van der Waals surface area contributed by atoms with Crippen LogP contribution in [0.15, 0.2) is 54.7 Å². The summed E-state index contributed by atoms with van der Waals surface area (Å²) in [7, 11) is 0. The molecule has 1 heterocycles. The molecule has 2 N–H and O–H groups in total. The van der Waals surface area contributed by atoms with Gasteiger partial charge in [-0.2, -0.15) is 5.10 Å². The first kappa shape index (κ1) is 15.0. The second-order valence-electron chi connectivity index (χ2n) is 5.64. The largest absolute Gasteiger partial charge is 0.348 e. The van der Waals surface area contributed by atoms with Crippen LogP contribution >= 0.6 is 0 Å². The number of nitrogens with zero attached hydrogens (tertiary/aromatic N) is 1. The van der Waals surface area contributed by atoms with Crippen LogP contribution in [0.3, 0.4) is 0 Å². The van der Waals surface area contributed by atoms with Crippen LogP contribution in [0.2, 0.25) is 0 Å². The van der Waals surface area contributed by atoms with Gasteiger partial charge in [-0.05, 0) is 31.0 Å². The van der Waals surface area contributed by atoms with Crippen LogP contribution in [0.5, 0.6) is 0 Å². The maximum absolute atomic E-state index is 12.5. The van der Waals surface area contributed by atoms with Gasteiger partial charge in [-0.25, -0.2) is 0 Å². The summed E-state index contributed by atoms with van der Waals surface area (Å²) in [5, 5.41) is 9.93. The van der Waals surface area contributed by atoms with E-state index < -0.39 is 0 Å². The minimum Gasteiger partial charge on any atom is -0.348 e. The topological polar surface area (TPSA) is 57.8 Å². The number of aromatic nitrogens is 2. The molecule has 3 aromatic rings. The van der Waals surface area contributed by atoms with E-state index in [0.29, 0.717) is 12.1 Å². The van der Waals surface area contributed by atoms with Crippen molar-refractivity contribution >= 4 is 5.91 Å². The summed E-state index contributed by atoms with van der Waals surface area (Å²) in [5.74, 6) is -0.126. The molecule has 0 aliphatic heterocycles. The van der Waals surface area contributed by atoms with Gasteiger partial charge in [0.05, 0.1) is 17.5 Å². The Labute approximate surface area is 135 Å². The third-order valence-electron chi connectivity index (χ3n) is 3.89. The summed E-state index contributed by atoms with van der Waals surface area (Å²) in [6, 6.07) is 16.0. The Balaban J connectivity index is 1.79. The predicted octanol–water partition coefficient (Wildman–Crippen LogP) is 3.62. The Kier molecular flexibility index (Phi) is 4.24. The third kappa shape index (κ3) is 3.31. The number of rotatable bonds is 4. The van der Waals surface area contributed by atoms with Crippen molar-refractivity contribution in [2.24, 2.45) is 0 Å². The van der Waals surface area contributed by atoms with Crippen molar-refractivity contribution < 1.29 is 4.79 Å². The van der Waals surface area contributed by atoms with Crippen LogP contribution in [0, 0.1) is 13.8 Å². The maximum atomic E-state index is 12.5. The Bertz CT molecular complexity index is 836. The first-order valence-electron chi connectivity index (χ1n) is 7.58. The standard InChI is InChI=1S/C19H19N3O/c1-13-6-5-9-15(10-13)18-17(12-21-22-18)19(23)20-11-16-8-4-3-7-14(16)2/h3-10,12H,11H2,1-2H3,(H,20,23)(H,21,22). The summed E-state index contributed by atoms with van der Waals surface area (Å²) in [6.07, 6.45) is 1.57. The highest BCUT2D eigenvalue weighted by molar-refractivity contribution is 5.99. The van der Waals surface area contributed by atoms with Gasteiger partial charge in [-0.3, -0.25) is 9.89 Å². The highest BCUT2D eigenvalue weighted by atomic mass is 16.1. The maximum Gasteiger partial charge on any atom is 0.255 e. The van der Waals surface area contributed by atoms with Crippen molar-refractivity contribution in [1.29, 1.82) is 0 Å². The third-order valence-corrected chi connectivity index (χ3v) is 3.89. The summed E-state index contributed by atoms with van der Waals surface area (Å²) in [6.45, 7) is 4.57. The number of amides is 1. The van der Waals surface area contributed by atoms with Gasteiger partial charge in [0.1, 0.15) is 0 Å². The predicted molar refractivity (Wildman–Crippen MR) is 91.1 cm³/mol. The van der Waals surface area contributed by atoms with Crippen molar-refractivity contribution in [3.63, 3.8) is 0 Å². The molecule has 0 aliphatic rings. The second kappa shape index (κ2) is 6.48. The van der Waals surface area contributed by atoms with Gasteiger partial charge in [-0.15, -0.1) is 0 Å². The summed E-state index contributed by atoms with van der Waals surface area (Å²) < 4.78 is 0. The van der Waals surface area contributed by atoms with Crippen LogP contribution in [0.4, 0.5) is 0 Å². The molecule has 0 atom stereocenters. The average Bonchev–Trinajstić information content (AvgIpc) is 3.03. The molecule has 0 fully saturated rings. The van der Waals surface area contributed by atoms with Gasteiger partial charge in [0.25, 0.3) is 5.91 Å². The molecule has 0 radical (unpaired) electrons. The zero-order valence-electron chi connectivity index (χ0n) is 13.3. The fourth-order valence-corrected chi connectivity index (χ4v) is 2.56. The fourth-order valence-electron chi connectivity index (χ4n) is 2.56. The van der Waals surface area contributed by atoms with E-state index in [1.165, 1.54) is 5.56 Å². The lowest BCUT2D eigenvalue weighted by Crippen LogP contribution is -2.23. The minimum absolute atomic E-state index is 0.126. The SMILES string of the molecule is Cc1cccc(-c2[nH]ncc2C(=O)NCc2ccccc2C)c1. The van der Waals surface area contributed by atoms with E-state index in [1.54, 1.807) is 6.20 Å². The lowest BCUT2D eigenvalue weighted by Gasteiger charge is -2.08. The van der Waals surface area contributed by atoms with Crippen LogP contribution in [0.25, 0.3) is 11.3 Å². The molecule has 0 unspecified atom stereocenters.